The summed E-state index contributed by atoms with van der Waals surface area (Å²) in [5.41, 5.74) is 6.32. The van der Waals surface area contributed by atoms with Crippen LogP contribution in [-0.2, 0) is 20.7 Å². The zero-order chi connectivity index (χ0) is 41.1. The fourth-order valence-electron chi connectivity index (χ4n) is 7.67. The highest BCUT2D eigenvalue weighted by atomic mass is 16.5. The van der Waals surface area contributed by atoms with Crippen LogP contribution in [0.25, 0.3) is 0 Å². The number of aryl methyl sites for hydroxylation is 1. The summed E-state index contributed by atoms with van der Waals surface area (Å²) in [6.45, 7) is 4.75. The van der Waals surface area contributed by atoms with Crippen molar-refractivity contribution in [3.8, 4) is 0 Å². The number of allylic oxidation sites excluding steroid dienone is 4. The Morgan fingerprint density at radius 1 is 0.786 bits per heavy atom. The average Bonchev–Trinajstić information content (AvgIpc) is 3.61. The Bertz CT molecular complexity index is 1320. The fraction of sp³-hybridized carbons (Fsp3) is 0.652. The summed E-state index contributed by atoms with van der Waals surface area (Å²) in [7, 11) is 1.72. The molecule has 3 unspecified atom stereocenters. The second-order valence-corrected chi connectivity index (χ2v) is 15.5. The zero-order valence-corrected chi connectivity index (χ0v) is 34.3. The van der Waals surface area contributed by atoms with Gasteiger partial charge in [0.15, 0.2) is 0 Å². The zero-order valence-electron chi connectivity index (χ0n) is 34.3. The van der Waals surface area contributed by atoms with Crippen molar-refractivity contribution in [3.63, 3.8) is 0 Å². The van der Waals surface area contributed by atoms with Crippen LogP contribution in [0, 0.1) is 23.7 Å². The van der Waals surface area contributed by atoms with Gasteiger partial charge in [-0.2, -0.15) is 0 Å². The normalized spacial score (nSPS) is 26.3. The van der Waals surface area contributed by atoms with E-state index >= 15 is 0 Å². The highest BCUT2D eigenvalue weighted by Crippen LogP contribution is 2.37. The Morgan fingerprint density at radius 3 is 1.89 bits per heavy atom. The molecule has 0 bridgehead atoms. The van der Waals surface area contributed by atoms with Crippen molar-refractivity contribution in [3.05, 3.63) is 84.5 Å². The highest BCUT2D eigenvalue weighted by molar-refractivity contribution is 5.75. The first-order valence-corrected chi connectivity index (χ1v) is 21.2. The molecule has 8 N–H and O–H groups in total. The lowest BCUT2D eigenvalue weighted by atomic mass is 9.89. The maximum atomic E-state index is 11.4. The molecule has 316 valence electrons. The number of nitrogens with one attached hydrogen (secondary N) is 1. The first-order valence-electron chi connectivity index (χ1n) is 21.2. The van der Waals surface area contributed by atoms with Gasteiger partial charge in [-0.25, -0.2) is 0 Å². The maximum Gasteiger partial charge on any atom is 0.219 e. The molecular weight excluding hydrogens is 709 g/mol. The van der Waals surface area contributed by atoms with E-state index in [0.717, 1.165) is 51.4 Å². The Kier molecular flexibility index (Phi) is 25.5. The summed E-state index contributed by atoms with van der Waals surface area (Å²) in [5, 5.41) is 54.3. The minimum absolute atomic E-state index is 0.0155. The van der Waals surface area contributed by atoms with Crippen molar-refractivity contribution in [1.82, 2.24) is 5.32 Å². The number of carbonyl (C=O) groups is 2. The first kappa shape index (κ1) is 49.0. The molecule has 2 fully saturated rings. The van der Waals surface area contributed by atoms with Crippen LogP contribution in [0.4, 0.5) is 0 Å². The van der Waals surface area contributed by atoms with E-state index < -0.39 is 30.5 Å². The van der Waals surface area contributed by atoms with Gasteiger partial charge < -0.3 is 41.3 Å². The van der Waals surface area contributed by atoms with E-state index in [0.29, 0.717) is 45.1 Å². The van der Waals surface area contributed by atoms with Gasteiger partial charge in [-0.3, -0.25) is 9.59 Å². The monoisotopic (exact) mass is 783 g/mol. The molecule has 1 aromatic carbocycles. The molecule has 0 saturated heterocycles. The summed E-state index contributed by atoms with van der Waals surface area (Å²) >= 11 is 0. The third-order valence-corrected chi connectivity index (χ3v) is 11.0. The van der Waals surface area contributed by atoms with Gasteiger partial charge >= 0.3 is 0 Å². The van der Waals surface area contributed by atoms with E-state index in [-0.39, 0.29) is 41.6 Å². The lowest BCUT2D eigenvalue weighted by Gasteiger charge is -2.20. The molecule has 10 nitrogen and oxygen atoms in total. The fourth-order valence-corrected chi connectivity index (χ4v) is 7.67. The molecule has 10 atom stereocenters. The lowest BCUT2D eigenvalue weighted by molar-refractivity contribution is -0.121. The standard InChI is InChI=1S/C25H37NO4.C21H37NO4/c1-2-26-25(30)13-9-4-3-8-12-21-22(24(29)18-23(21)28)17-16-20(27)15-14-19-10-6-5-7-11-19;1-3-4-7-10-16(26-2)13-14-18-17(19(23)15-20(18)24)11-8-5-6-9-12-21(22)25/h3,5-8,10-11,16-17,20-24,27-29H,2,4,9,12-15,18H2,1H3,(H,26,30);5,8,13-14,16-20,23-24H,3-4,6-7,9-12,15H2,1-2H3,(H2,22,25)/b8-3-,17-16+;8-5-,14-13+/t20-,21+,22+,23-,24+;16?,17-,18-,19?,20?/m01/s1. The van der Waals surface area contributed by atoms with Crippen LogP contribution in [0.3, 0.4) is 0 Å². The first-order chi connectivity index (χ1) is 27.0. The number of primary amides is 1. The molecule has 0 heterocycles. The number of amides is 2. The molecule has 1 aromatic rings. The van der Waals surface area contributed by atoms with E-state index in [9.17, 15) is 35.1 Å². The van der Waals surface area contributed by atoms with Crippen LogP contribution >= 0.6 is 0 Å². The molecule has 0 aliphatic heterocycles. The summed E-state index contributed by atoms with van der Waals surface area (Å²) in [4.78, 5) is 22.2. The quantitative estimate of drug-likeness (QED) is 0.0449. The van der Waals surface area contributed by atoms with Crippen molar-refractivity contribution in [2.24, 2.45) is 29.4 Å². The summed E-state index contributed by atoms with van der Waals surface area (Å²) in [6, 6.07) is 10.1. The van der Waals surface area contributed by atoms with Gasteiger partial charge in [0, 0.05) is 51.2 Å². The van der Waals surface area contributed by atoms with E-state index in [1.807, 2.05) is 79.8 Å². The number of nitrogens with two attached hydrogens (primary N) is 1. The van der Waals surface area contributed by atoms with Gasteiger partial charge in [0.25, 0.3) is 0 Å². The van der Waals surface area contributed by atoms with Crippen LogP contribution in [0.1, 0.15) is 116 Å². The van der Waals surface area contributed by atoms with E-state index in [1.54, 1.807) is 13.2 Å². The van der Waals surface area contributed by atoms with Gasteiger partial charge in [-0.05, 0) is 82.1 Å². The van der Waals surface area contributed by atoms with E-state index in [2.05, 4.69) is 12.2 Å². The number of hydrogen-bond donors (Lipinski definition) is 7. The second-order valence-electron chi connectivity index (χ2n) is 15.5. The van der Waals surface area contributed by atoms with Crippen LogP contribution in [0.5, 0.6) is 0 Å². The van der Waals surface area contributed by atoms with Crippen molar-refractivity contribution in [1.29, 1.82) is 0 Å². The van der Waals surface area contributed by atoms with E-state index in [1.165, 1.54) is 18.4 Å². The van der Waals surface area contributed by atoms with Gasteiger partial charge in [0.05, 0.1) is 36.6 Å². The molecule has 2 saturated carbocycles. The molecule has 2 aliphatic carbocycles. The Balaban J connectivity index is 0.000000391. The average molecular weight is 783 g/mol. The van der Waals surface area contributed by atoms with Gasteiger partial charge in [-0.15, -0.1) is 0 Å². The lowest BCUT2D eigenvalue weighted by Crippen LogP contribution is -2.21. The Morgan fingerprint density at radius 2 is 1.36 bits per heavy atom. The number of methoxy groups -OCH3 is 1. The highest BCUT2D eigenvalue weighted by Gasteiger charge is 2.40. The topological polar surface area (TPSA) is 183 Å². The number of benzene rings is 1. The van der Waals surface area contributed by atoms with Crippen LogP contribution in [0.15, 0.2) is 78.9 Å². The van der Waals surface area contributed by atoms with Crippen LogP contribution in [-0.4, -0.2) is 87.6 Å². The minimum atomic E-state index is -0.589. The Labute approximate surface area is 337 Å². The van der Waals surface area contributed by atoms with Crippen molar-refractivity contribution < 1.29 is 39.9 Å². The van der Waals surface area contributed by atoms with E-state index in [4.69, 9.17) is 10.5 Å². The molecule has 3 rings (SSSR count). The minimum Gasteiger partial charge on any atom is -0.393 e. The number of rotatable bonds is 25. The third-order valence-electron chi connectivity index (χ3n) is 11.0. The predicted octanol–water partition coefficient (Wildman–Crippen LogP) is 6.24. The molecule has 2 amide bonds. The Hall–Kier alpha value is -3.12. The summed E-state index contributed by atoms with van der Waals surface area (Å²) in [6.07, 6.45) is 25.4. The van der Waals surface area contributed by atoms with Crippen LogP contribution in [0.2, 0.25) is 0 Å². The van der Waals surface area contributed by atoms with Gasteiger partial charge in [0.2, 0.25) is 11.8 Å². The molecule has 0 spiro atoms. The van der Waals surface area contributed by atoms with Crippen molar-refractivity contribution >= 4 is 11.8 Å². The summed E-state index contributed by atoms with van der Waals surface area (Å²) in [5.74, 6) is -0.449. The smallest absolute Gasteiger partial charge is 0.219 e. The van der Waals surface area contributed by atoms with Crippen molar-refractivity contribution in [2.75, 3.05) is 13.7 Å². The molecule has 0 radical (unpaired) electrons. The van der Waals surface area contributed by atoms with Crippen LogP contribution < -0.4 is 11.1 Å². The van der Waals surface area contributed by atoms with Crippen molar-refractivity contribution in [2.45, 2.75) is 153 Å². The number of carbonyl (C=O) groups excluding carboxylic acids is 2. The second kappa shape index (κ2) is 29.1. The number of unbranched alkanes of at least 4 members (excludes halogenated alkanes) is 4. The van der Waals surface area contributed by atoms with Gasteiger partial charge in [-0.1, -0.05) is 105 Å². The SMILES string of the molecule is CCCCCC(/C=C/[C@H]1C(O)CC(O)[C@@H]1C/C=C\CCCC(N)=O)OC.CCNC(=O)CCC/C=C\C[C@@H]1[C@@H](/C=C/[C@@H](O)CCc2ccccc2)[C@H](O)C[C@@H]1O. The molecule has 2 aliphatic rings. The van der Waals surface area contributed by atoms with Gasteiger partial charge in [0.1, 0.15) is 0 Å². The molecule has 0 aromatic heterocycles. The molecule has 10 heteroatoms. The summed E-state index contributed by atoms with van der Waals surface area (Å²) < 4.78 is 5.52. The number of aliphatic hydroxyl groups is 5. The number of aliphatic hydroxyl groups excluding tert-OH is 5. The largest absolute Gasteiger partial charge is 0.393 e. The third kappa shape index (κ3) is 19.8. The molecular formula is C46H74N2O8. The predicted molar refractivity (Wildman–Crippen MR) is 224 cm³/mol. The number of ether oxygens (including phenoxy) is 1. The number of hydrogen-bond acceptors (Lipinski definition) is 8. The maximum absolute atomic E-state index is 11.4. The molecule has 56 heavy (non-hydrogen) atoms.